The van der Waals surface area contributed by atoms with Crippen LogP contribution in [0, 0.1) is 0 Å². The normalized spacial score (nSPS) is 11.7. The summed E-state index contributed by atoms with van der Waals surface area (Å²) in [6, 6.07) is 60.2. The summed E-state index contributed by atoms with van der Waals surface area (Å²) in [6.45, 7) is 0. The van der Waals surface area contributed by atoms with Crippen molar-refractivity contribution in [3.63, 3.8) is 0 Å². The number of nitrogens with zero attached hydrogens (tertiary/aromatic N) is 2. The smallest absolute Gasteiger partial charge is 0.152 e. The molecule has 0 saturated carbocycles. The van der Waals surface area contributed by atoms with Crippen LogP contribution in [0.1, 0.15) is 0 Å². The second kappa shape index (κ2) is 10.3. The van der Waals surface area contributed by atoms with Crippen molar-refractivity contribution in [2.24, 2.45) is 0 Å². The third-order valence-corrected chi connectivity index (χ3v) is 8.78. The molecule has 0 bridgehead atoms. The van der Waals surface area contributed by atoms with Crippen LogP contribution in [-0.4, -0.2) is 4.57 Å². The first-order valence-electron chi connectivity index (χ1n) is 15.3. The van der Waals surface area contributed by atoms with Gasteiger partial charge in [-0.25, -0.2) is 0 Å². The molecule has 0 atom stereocenters. The molecule has 2 heterocycles. The lowest BCUT2D eigenvalue weighted by atomic mass is 10.0. The maximum atomic E-state index is 6.36. The summed E-state index contributed by atoms with van der Waals surface area (Å²) >= 11 is 0. The summed E-state index contributed by atoms with van der Waals surface area (Å²) in [5, 5.41) is 2.39. The predicted molar refractivity (Wildman–Crippen MR) is 186 cm³/mol. The Morgan fingerprint density at radius 1 is 0.400 bits per heavy atom. The van der Waals surface area contributed by atoms with Crippen LogP contribution >= 0.6 is 0 Å². The zero-order valence-corrected chi connectivity index (χ0v) is 24.5. The first-order chi connectivity index (χ1) is 22.3. The zero-order valence-electron chi connectivity index (χ0n) is 24.5. The topological polar surface area (TPSA) is 17.4 Å². The van der Waals surface area contributed by atoms with E-state index in [0.717, 1.165) is 45.3 Å². The molecule has 9 rings (SSSR count). The molecule has 7 aromatic carbocycles. The molecule has 0 spiro atoms. The fourth-order valence-corrected chi connectivity index (χ4v) is 6.66. The summed E-state index contributed by atoms with van der Waals surface area (Å²) in [7, 11) is 0. The monoisotopic (exact) mass is 576 g/mol. The molecule has 0 N–H and O–H groups in total. The van der Waals surface area contributed by atoms with Gasteiger partial charge < -0.3 is 14.2 Å². The number of para-hydroxylation sites is 3. The van der Waals surface area contributed by atoms with Crippen LogP contribution in [0.25, 0.3) is 49.7 Å². The van der Waals surface area contributed by atoms with E-state index in [4.69, 9.17) is 4.74 Å². The highest BCUT2D eigenvalue weighted by Gasteiger charge is 2.24. The molecule has 3 heteroatoms. The van der Waals surface area contributed by atoms with E-state index in [0.29, 0.717) is 0 Å². The number of anilines is 3. The van der Waals surface area contributed by atoms with Gasteiger partial charge in [-0.3, -0.25) is 0 Å². The van der Waals surface area contributed by atoms with Crippen LogP contribution in [-0.2, 0) is 0 Å². The van der Waals surface area contributed by atoms with Gasteiger partial charge in [0, 0.05) is 27.8 Å². The maximum absolute atomic E-state index is 6.36. The first kappa shape index (κ1) is 25.4. The zero-order chi connectivity index (χ0) is 29.7. The summed E-state index contributed by atoms with van der Waals surface area (Å²) < 4.78 is 8.72. The highest BCUT2D eigenvalue weighted by molar-refractivity contribution is 6.13. The highest BCUT2D eigenvalue weighted by Crippen LogP contribution is 2.47. The Morgan fingerprint density at radius 2 is 0.933 bits per heavy atom. The molecule has 212 valence electrons. The van der Waals surface area contributed by atoms with Crippen LogP contribution in [0.5, 0.6) is 11.5 Å². The van der Waals surface area contributed by atoms with Crippen LogP contribution in [0.3, 0.4) is 0 Å². The number of ether oxygens (including phenoxy) is 1. The number of hydrogen-bond acceptors (Lipinski definition) is 2. The molecule has 3 nitrogen and oxygen atoms in total. The molecule has 1 aromatic heterocycles. The van der Waals surface area contributed by atoms with Crippen molar-refractivity contribution in [3.05, 3.63) is 170 Å². The Morgan fingerprint density at radius 3 is 1.58 bits per heavy atom. The number of rotatable bonds is 5. The first-order valence-corrected chi connectivity index (χ1v) is 15.3. The minimum atomic E-state index is 0.866. The van der Waals surface area contributed by atoms with Crippen molar-refractivity contribution in [2.45, 2.75) is 0 Å². The van der Waals surface area contributed by atoms with Gasteiger partial charge in [-0.2, -0.15) is 0 Å². The van der Waals surface area contributed by atoms with E-state index >= 15 is 0 Å². The van der Waals surface area contributed by atoms with Crippen molar-refractivity contribution in [3.8, 4) is 39.4 Å². The number of hydrogen-bond donors (Lipinski definition) is 0. The van der Waals surface area contributed by atoms with Crippen molar-refractivity contribution in [1.29, 1.82) is 0 Å². The van der Waals surface area contributed by atoms with Crippen molar-refractivity contribution < 1.29 is 4.74 Å². The lowest BCUT2D eigenvalue weighted by Gasteiger charge is -2.26. The Hall–Kier alpha value is -6.06. The van der Waals surface area contributed by atoms with Crippen LogP contribution < -0.4 is 9.64 Å². The van der Waals surface area contributed by atoms with Gasteiger partial charge in [-0.15, -0.1) is 0 Å². The minimum absolute atomic E-state index is 0.866. The van der Waals surface area contributed by atoms with Gasteiger partial charge in [0.25, 0.3) is 0 Å². The summed E-state index contributed by atoms with van der Waals surface area (Å²) in [4.78, 5) is 2.35. The minimum Gasteiger partial charge on any atom is -0.453 e. The van der Waals surface area contributed by atoms with Gasteiger partial charge in [-0.1, -0.05) is 115 Å². The molecule has 0 radical (unpaired) electrons. The highest BCUT2D eigenvalue weighted by atomic mass is 16.5. The Labute approximate surface area is 261 Å². The quantitative estimate of drug-likeness (QED) is 0.203. The Bertz CT molecular complexity index is 2240. The third kappa shape index (κ3) is 4.21. The van der Waals surface area contributed by atoms with Crippen LogP contribution in [0.15, 0.2) is 170 Å². The molecule has 0 aliphatic carbocycles. The number of fused-ring (bicyclic) bond motifs is 5. The second-order valence-electron chi connectivity index (χ2n) is 11.4. The molecule has 0 fully saturated rings. The Balaban J connectivity index is 1.23. The summed E-state index contributed by atoms with van der Waals surface area (Å²) in [6.07, 6.45) is 0. The number of benzene rings is 7. The largest absolute Gasteiger partial charge is 0.453 e. The molecule has 0 amide bonds. The average molecular weight is 577 g/mol. The molecule has 1 aliphatic heterocycles. The standard InChI is InChI=1S/C42H28N2O/c1-3-10-29(11-4-1)31-18-22-33(23-19-31)43(34-24-20-32(21-25-34)30-12-5-2-6-13-30)35-26-27-36-37-14-9-17-41-42(37)44(39(36)28-35)38-15-7-8-16-40(38)45-41/h1-28H. The Kier molecular flexibility index (Phi) is 5.82. The molecule has 0 saturated heterocycles. The summed E-state index contributed by atoms with van der Waals surface area (Å²) in [5.74, 6) is 1.75. The van der Waals surface area contributed by atoms with E-state index in [1.54, 1.807) is 0 Å². The molecular formula is C42H28N2O. The van der Waals surface area contributed by atoms with Crippen molar-refractivity contribution >= 4 is 38.9 Å². The average Bonchev–Trinajstić information content (AvgIpc) is 3.45. The number of aromatic nitrogens is 1. The van der Waals surface area contributed by atoms with Crippen molar-refractivity contribution in [1.82, 2.24) is 4.57 Å². The van der Waals surface area contributed by atoms with E-state index < -0.39 is 0 Å². The van der Waals surface area contributed by atoms with Gasteiger partial charge in [0.05, 0.1) is 16.7 Å². The summed E-state index contributed by atoms with van der Waals surface area (Å²) in [5.41, 5.74) is 11.4. The fraction of sp³-hybridized carbons (Fsp3) is 0. The van der Waals surface area contributed by atoms with E-state index in [-0.39, 0.29) is 0 Å². The third-order valence-electron chi connectivity index (χ3n) is 8.78. The molecule has 0 unspecified atom stereocenters. The van der Waals surface area contributed by atoms with Gasteiger partial charge in [0.1, 0.15) is 0 Å². The fourth-order valence-electron chi connectivity index (χ4n) is 6.66. The van der Waals surface area contributed by atoms with Gasteiger partial charge >= 0.3 is 0 Å². The van der Waals surface area contributed by atoms with Crippen LogP contribution in [0.2, 0.25) is 0 Å². The van der Waals surface area contributed by atoms with E-state index in [2.05, 4.69) is 167 Å². The van der Waals surface area contributed by atoms with E-state index in [9.17, 15) is 0 Å². The molecule has 1 aliphatic rings. The van der Waals surface area contributed by atoms with Gasteiger partial charge in [0.2, 0.25) is 0 Å². The second-order valence-corrected chi connectivity index (χ2v) is 11.4. The van der Waals surface area contributed by atoms with Gasteiger partial charge in [-0.05, 0) is 76.9 Å². The SMILES string of the molecule is c1ccc(-c2ccc(N(c3ccc(-c4ccccc4)cc3)c3ccc4c5cccc6c5n(c4c3)-c3ccccc3O6)cc2)cc1. The molecular weight excluding hydrogens is 548 g/mol. The van der Waals surface area contributed by atoms with Gasteiger partial charge in [0.15, 0.2) is 11.5 Å². The predicted octanol–water partition coefficient (Wildman–Crippen LogP) is 11.7. The van der Waals surface area contributed by atoms with E-state index in [1.165, 1.54) is 33.0 Å². The lowest BCUT2D eigenvalue weighted by Crippen LogP contribution is -2.10. The molecule has 45 heavy (non-hydrogen) atoms. The lowest BCUT2D eigenvalue weighted by molar-refractivity contribution is 0.476. The van der Waals surface area contributed by atoms with E-state index in [1.807, 2.05) is 12.1 Å². The van der Waals surface area contributed by atoms with Crippen molar-refractivity contribution in [2.75, 3.05) is 4.90 Å². The molecule has 8 aromatic rings. The maximum Gasteiger partial charge on any atom is 0.152 e. The van der Waals surface area contributed by atoms with Crippen LogP contribution in [0.4, 0.5) is 17.1 Å².